The molecule has 46 heavy (non-hydrogen) atoms. The third-order valence-corrected chi connectivity index (χ3v) is 12.6. The minimum Gasteiger partial charge on any atom is -0.446 e. The molecule has 4 rings (SSSR count). The van der Waals surface area contributed by atoms with Gasteiger partial charge in [-0.15, -0.1) is 0 Å². The van der Waals surface area contributed by atoms with Crippen LogP contribution in [0.3, 0.4) is 0 Å². The Labute approximate surface area is 276 Å². The van der Waals surface area contributed by atoms with Crippen LogP contribution in [0.25, 0.3) is 0 Å². The van der Waals surface area contributed by atoms with Crippen LogP contribution in [0.5, 0.6) is 0 Å². The average Bonchev–Trinajstić information content (AvgIpc) is 3.34. The fourth-order valence-electron chi connectivity index (χ4n) is 10.1. The van der Waals surface area contributed by atoms with E-state index in [1.54, 1.807) is 0 Å². The van der Waals surface area contributed by atoms with Crippen molar-refractivity contribution >= 4 is 23.9 Å². The van der Waals surface area contributed by atoms with Crippen LogP contribution in [-0.2, 0) is 14.3 Å². The van der Waals surface area contributed by atoms with Crippen LogP contribution in [0.2, 0.25) is 0 Å². The van der Waals surface area contributed by atoms with Crippen molar-refractivity contribution in [2.24, 2.45) is 68.5 Å². The summed E-state index contributed by atoms with van der Waals surface area (Å²) in [7, 11) is 0. The molecule has 10 nitrogen and oxygen atoms in total. The molecular weight excluding hydrogens is 580 g/mol. The van der Waals surface area contributed by atoms with Crippen LogP contribution < -0.4 is 27.8 Å². The molecule has 10 heteroatoms. The number of alkyl carbamates (subject to hydrolysis) is 1. The molecule has 0 saturated heterocycles. The van der Waals surface area contributed by atoms with Gasteiger partial charge in [-0.2, -0.15) is 0 Å². The highest BCUT2D eigenvalue weighted by molar-refractivity contribution is 5.88. The van der Waals surface area contributed by atoms with Crippen molar-refractivity contribution in [3.8, 4) is 0 Å². The topological polar surface area (TPSA) is 175 Å². The Morgan fingerprint density at radius 1 is 0.978 bits per heavy atom. The fraction of sp³-hybridized carbons (Fsp3) is 0.833. The summed E-state index contributed by atoms with van der Waals surface area (Å²) >= 11 is 0. The summed E-state index contributed by atoms with van der Waals surface area (Å²) in [5, 5.41) is 5.11. The van der Waals surface area contributed by atoms with Gasteiger partial charge in [-0.25, -0.2) is 4.79 Å². The highest BCUT2D eigenvalue weighted by atomic mass is 16.6. The number of nitrogens with one attached hydrogen (secondary N) is 2. The van der Waals surface area contributed by atoms with Gasteiger partial charge in [0.1, 0.15) is 18.7 Å². The van der Waals surface area contributed by atoms with Gasteiger partial charge in [0.2, 0.25) is 11.8 Å². The summed E-state index contributed by atoms with van der Waals surface area (Å²) < 4.78 is 5.80. The maximum atomic E-state index is 12.7. The van der Waals surface area contributed by atoms with E-state index in [-0.39, 0.29) is 30.4 Å². The first-order valence-corrected chi connectivity index (χ1v) is 18.0. The summed E-state index contributed by atoms with van der Waals surface area (Å²) in [4.78, 5) is 40.7. The molecule has 8 N–H and O–H groups in total. The number of guanidine groups is 1. The molecule has 3 fully saturated rings. The van der Waals surface area contributed by atoms with E-state index in [4.69, 9.17) is 21.9 Å². The molecule has 4 aliphatic rings. The van der Waals surface area contributed by atoms with E-state index >= 15 is 0 Å². The highest BCUT2D eigenvalue weighted by Gasteiger charge is 2.59. The molecule has 0 unspecified atom stereocenters. The van der Waals surface area contributed by atoms with Gasteiger partial charge in [0.05, 0.1) is 0 Å². The van der Waals surface area contributed by atoms with Crippen molar-refractivity contribution in [3.63, 3.8) is 0 Å². The Bertz CT molecular complexity index is 1150. The van der Waals surface area contributed by atoms with Crippen molar-refractivity contribution in [1.82, 2.24) is 10.6 Å². The Morgan fingerprint density at radius 2 is 1.74 bits per heavy atom. The van der Waals surface area contributed by atoms with E-state index in [0.717, 1.165) is 55.3 Å². The highest BCUT2D eigenvalue weighted by Crippen LogP contribution is 2.67. The van der Waals surface area contributed by atoms with Gasteiger partial charge >= 0.3 is 6.09 Å². The van der Waals surface area contributed by atoms with Crippen molar-refractivity contribution < 1.29 is 19.1 Å². The predicted octanol–water partition coefficient (Wildman–Crippen LogP) is 5.15. The molecule has 9 atom stereocenters. The second kappa shape index (κ2) is 15.4. The number of carbonyl (C=O) groups excluding carboxylic acids is 3. The number of hydrogen-bond acceptors (Lipinski definition) is 5. The molecule has 0 heterocycles. The largest absolute Gasteiger partial charge is 0.446 e. The van der Waals surface area contributed by atoms with Gasteiger partial charge < -0.3 is 32.6 Å². The summed E-state index contributed by atoms with van der Waals surface area (Å²) in [5.41, 5.74) is 18.2. The third kappa shape index (κ3) is 8.38. The van der Waals surface area contributed by atoms with Crippen molar-refractivity contribution in [3.05, 3.63) is 11.6 Å². The second-order valence-electron chi connectivity index (χ2n) is 15.9. The van der Waals surface area contributed by atoms with E-state index in [9.17, 15) is 14.4 Å². The van der Waals surface area contributed by atoms with Crippen LogP contribution >= 0.6 is 0 Å². The van der Waals surface area contributed by atoms with Crippen molar-refractivity contribution in [2.45, 2.75) is 130 Å². The number of hydrogen-bond donors (Lipinski definition) is 5. The van der Waals surface area contributed by atoms with E-state index in [1.165, 1.54) is 50.5 Å². The molecule has 0 aromatic carbocycles. The van der Waals surface area contributed by atoms with Crippen LogP contribution in [0.15, 0.2) is 16.6 Å². The third-order valence-electron chi connectivity index (χ3n) is 12.6. The van der Waals surface area contributed by atoms with Crippen LogP contribution in [0.1, 0.15) is 118 Å². The molecule has 3 amide bonds. The molecular formula is C36H62N6O4. The molecule has 0 aromatic heterocycles. The average molecular weight is 643 g/mol. The Kier molecular flexibility index (Phi) is 12.1. The number of rotatable bonds is 14. The second-order valence-corrected chi connectivity index (χ2v) is 15.9. The SMILES string of the molecule is CC(C)CCC[C@@H](C)[C@H]1CC[C@H]2[C@@H]3CC=C4C[C@@H](OC(=O)NCC(=O)N[C@@H](CCCN=C(N)N)C(N)=O)CC[C@]4(C)[C@H]3CC[C@]12C. The zero-order chi connectivity index (χ0) is 33.6. The van der Waals surface area contributed by atoms with E-state index in [2.05, 4.69) is 56.3 Å². The zero-order valence-electron chi connectivity index (χ0n) is 29.1. The first kappa shape index (κ1) is 36.1. The number of primary amides is 1. The van der Waals surface area contributed by atoms with Gasteiger partial charge in [0.25, 0.3) is 0 Å². The zero-order valence-corrected chi connectivity index (χ0v) is 29.1. The van der Waals surface area contributed by atoms with Crippen LogP contribution in [0, 0.1) is 46.3 Å². The number of amides is 3. The number of nitrogens with two attached hydrogens (primary N) is 3. The fourth-order valence-corrected chi connectivity index (χ4v) is 10.1. The maximum Gasteiger partial charge on any atom is 0.407 e. The van der Waals surface area contributed by atoms with Gasteiger partial charge in [0, 0.05) is 13.0 Å². The molecule has 3 saturated carbocycles. The van der Waals surface area contributed by atoms with Gasteiger partial charge in [0.15, 0.2) is 5.96 Å². The number of fused-ring (bicyclic) bond motifs is 5. The lowest BCUT2D eigenvalue weighted by molar-refractivity contribution is -0.127. The summed E-state index contributed by atoms with van der Waals surface area (Å²) in [6.45, 7) is 12.4. The number of aliphatic imine (C=N–C) groups is 1. The van der Waals surface area contributed by atoms with Crippen LogP contribution in [0.4, 0.5) is 4.79 Å². The molecule has 0 aliphatic heterocycles. The van der Waals surface area contributed by atoms with Gasteiger partial charge in [-0.05, 0) is 104 Å². The molecule has 0 aromatic rings. The normalized spacial score (nSPS) is 33.0. The number of ether oxygens (including phenoxy) is 1. The first-order valence-electron chi connectivity index (χ1n) is 18.0. The minimum absolute atomic E-state index is 0.0366. The lowest BCUT2D eigenvalue weighted by Gasteiger charge is -2.58. The lowest BCUT2D eigenvalue weighted by atomic mass is 9.47. The molecule has 0 radical (unpaired) electrons. The summed E-state index contributed by atoms with van der Waals surface area (Å²) in [6, 6.07) is -0.872. The minimum atomic E-state index is -0.872. The monoisotopic (exact) mass is 642 g/mol. The standard InChI is InChI=1S/C36H62N6O4/c1-22(2)8-6-9-23(3)27-13-14-28-26-12-11-24-20-25(15-17-35(24,4)29(26)16-18-36(27,28)5)46-34(45)41-21-31(43)42-30(32(37)44)10-7-19-40-33(38)39/h11,22-23,25-30H,6-10,12-21H2,1-5H3,(H2,37,44)(H,41,45)(H,42,43)(H4,38,39,40)/t23-,25+,26+,27-,28+,29+,30+,35+,36-/m1/s1. The number of allylic oxidation sites excluding steroid dienone is 1. The Morgan fingerprint density at radius 3 is 2.43 bits per heavy atom. The quantitative estimate of drug-likeness (QED) is 0.0758. The molecule has 0 bridgehead atoms. The van der Waals surface area contributed by atoms with E-state index in [0.29, 0.717) is 24.3 Å². The van der Waals surface area contributed by atoms with Crippen molar-refractivity contribution in [2.75, 3.05) is 13.1 Å². The van der Waals surface area contributed by atoms with E-state index in [1.807, 2.05) is 0 Å². The van der Waals surface area contributed by atoms with E-state index < -0.39 is 23.9 Å². The maximum absolute atomic E-state index is 12.7. The molecule has 0 spiro atoms. The van der Waals surface area contributed by atoms with Gasteiger partial charge in [-0.1, -0.05) is 65.5 Å². The van der Waals surface area contributed by atoms with Crippen LogP contribution in [-0.4, -0.2) is 49.1 Å². The first-order chi connectivity index (χ1) is 21.7. The predicted molar refractivity (Wildman–Crippen MR) is 182 cm³/mol. The lowest BCUT2D eigenvalue weighted by Crippen LogP contribution is -2.51. The molecule has 4 aliphatic carbocycles. The summed E-state index contributed by atoms with van der Waals surface area (Å²) in [5.74, 6) is 3.54. The molecule has 260 valence electrons. The Balaban J connectivity index is 1.27. The van der Waals surface area contributed by atoms with Crippen molar-refractivity contribution in [1.29, 1.82) is 0 Å². The number of carbonyl (C=O) groups is 3. The smallest absolute Gasteiger partial charge is 0.407 e. The van der Waals surface area contributed by atoms with Gasteiger partial charge in [-0.3, -0.25) is 14.6 Å². The Hall–Kier alpha value is -2.78. The summed E-state index contributed by atoms with van der Waals surface area (Å²) in [6.07, 6.45) is 15.7. The number of nitrogens with zero attached hydrogens (tertiary/aromatic N) is 1.